The Labute approximate surface area is 258 Å². The van der Waals surface area contributed by atoms with E-state index in [2.05, 4.69) is 10.5 Å². The first-order valence-electron chi connectivity index (χ1n) is 14.7. The Morgan fingerprint density at radius 2 is 1.07 bits per heavy atom. The zero-order valence-corrected chi connectivity index (χ0v) is 24.8. The molecule has 0 radical (unpaired) electrons. The molecule has 1 aliphatic rings. The van der Waals surface area contributed by atoms with Crippen molar-refractivity contribution in [2.75, 3.05) is 6.61 Å². The van der Waals surface area contributed by atoms with Gasteiger partial charge in [0, 0.05) is 6.92 Å². The first kappa shape index (κ1) is 31.1. The van der Waals surface area contributed by atoms with E-state index in [-0.39, 0.29) is 25.0 Å². The van der Waals surface area contributed by atoms with Crippen molar-refractivity contribution < 1.29 is 28.5 Å². The van der Waals surface area contributed by atoms with Crippen molar-refractivity contribution in [3.05, 3.63) is 144 Å². The average molecular weight is 595 g/mol. The van der Waals surface area contributed by atoms with E-state index in [4.69, 9.17) is 23.7 Å². The zero-order valence-electron chi connectivity index (χ0n) is 24.8. The van der Waals surface area contributed by atoms with Crippen LogP contribution < -0.4 is 5.43 Å². The van der Waals surface area contributed by atoms with Crippen LogP contribution in [0.25, 0.3) is 0 Å². The molecule has 8 heteroatoms. The highest BCUT2D eigenvalue weighted by molar-refractivity contribution is 5.84. The van der Waals surface area contributed by atoms with Crippen LogP contribution in [0.3, 0.4) is 0 Å². The van der Waals surface area contributed by atoms with Crippen molar-refractivity contribution in [2.24, 2.45) is 5.10 Å². The summed E-state index contributed by atoms with van der Waals surface area (Å²) in [5, 5.41) is 4.33. The molecule has 1 heterocycles. The van der Waals surface area contributed by atoms with Gasteiger partial charge < -0.3 is 23.7 Å². The van der Waals surface area contributed by atoms with Crippen LogP contribution in [0.2, 0.25) is 0 Å². The third-order valence-electron chi connectivity index (χ3n) is 7.06. The summed E-state index contributed by atoms with van der Waals surface area (Å²) in [5.74, 6) is -0.133. The van der Waals surface area contributed by atoms with Crippen molar-refractivity contribution in [1.82, 2.24) is 5.43 Å². The molecular formula is C36H38N2O6. The predicted octanol–water partition coefficient (Wildman–Crippen LogP) is 5.81. The number of amides is 1. The minimum atomic E-state index is -0.781. The molecule has 0 aromatic heterocycles. The molecule has 1 fully saturated rings. The van der Waals surface area contributed by atoms with Crippen LogP contribution in [0.5, 0.6) is 0 Å². The van der Waals surface area contributed by atoms with E-state index in [9.17, 15) is 4.79 Å². The molecule has 44 heavy (non-hydrogen) atoms. The van der Waals surface area contributed by atoms with Crippen molar-refractivity contribution >= 4 is 11.8 Å². The number of nitrogens with one attached hydrogen (secondary N) is 1. The fraction of sp³-hybridized carbons (Fsp3) is 0.278. The first-order valence-corrected chi connectivity index (χ1v) is 14.7. The maximum atomic E-state index is 11.9. The Balaban J connectivity index is 1.45. The molecule has 1 aliphatic heterocycles. The number of hydrogen-bond donors (Lipinski definition) is 1. The van der Waals surface area contributed by atoms with Crippen LogP contribution in [-0.4, -0.2) is 42.8 Å². The molecule has 4 atom stereocenters. The van der Waals surface area contributed by atoms with E-state index in [1.165, 1.54) is 6.92 Å². The molecule has 4 aromatic carbocycles. The largest absolute Gasteiger partial charge is 0.469 e. The third kappa shape index (κ3) is 9.33. The Morgan fingerprint density at radius 1 is 0.636 bits per heavy atom. The molecule has 0 saturated carbocycles. The lowest BCUT2D eigenvalue weighted by Gasteiger charge is -2.42. The highest BCUT2D eigenvalue weighted by atomic mass is 16.6. The molecule has 4 aromatic rings. The lowest BCUT2D eigenvalue weighted by Crippen LogP contribution is -2.60. The topological polar surface area (TPSA) is 87.6 Å². The number of hydrazone groups is 1. The highest BCUT2D eigenvalue weighted by Crippen LogP contribution is 2.29. The number of hydrogen-bond acceptors (Lipinski definition) is 7. The van der Waals surface area contributed by atoms with E-state index >= 15 is 0 Å². The van der Waals surface area contributed by atoms with Crippen LogP contribution in [0.4, 0.5) is 0 Å². The van der Waals surface area contributed by atoms with Crippen LogP contribution in [-0.2, 0) is 54.9 Å². The van der Waals surface area contributed by atoms with Gasteiger partial charge in [0.2, 0.25) is 11.8 Å². The van der Waals surface area contributed by atoms with Crippen molar-refractivity contribution in [1.29, 1.82) is 0 Å². The average Bonchev–Trinajstić information content (AvgIpc) is 3.07. The van der Waals surface area contributed by atoms with Gasteiger partial charge in [-0.25, -0.2) is 5.43 Å². The highest BCUT2D eigenvalue weighted by Gasteiger charge is 2.48. The summed E-state index contributed by atoms with van der Waals surface area (Å²) in [6.07, 6.45) is -2.62. The molecule has 8 nitrogen and oxygen atoms in total. The molecule has 0 unspecified atom stereocenters. The summed E-state index contributed by atoms with van der Waals surface area (Å²) in [6, 6.07) is 39.6. The smallest absolute Gasteiger partial charge is 0.239 e. The van der Waals surface area contributed by atoms with Crippen molar-refractivity contribution in [2.45, 2.75) is 57.8 Å². The van der Waals surface area contributed by atoms with Gasteiger partial charge in [-0.15, -0.1) is 5.10 Å². The summed E-state index contributed by atoms with van der Waals surface area (Å²) < 4.78 is 32.3. The fourth-order valence-corrected chi connectivity index (χ4v) is 4.88. The first-order chi connectivity index (χ1) is 21.7. The van der Waals surface area contributed by atoms with E-state index in [1.807, 2.05) is 121 Å². The van der Waals surface area contributed by atoms with Gasteiger partial charge in [-0.1, -0.05) is 121 Å². The predicted molar refractivity (Wildman–Crippen MR) is 167 cm³/mol. The van der Waals surface area contributed by atoms with E-state index in [0.29, 0.717) is 19.8 Å². The molecule has 0 aliphatic carbocycles. The molecule has 0 bridgehead atoms. The van der Waals surface area contributed by atoms with E-state index in [0.717, 1.165) is 22.3 Å². The number of ether oxygens (including phenoxy) is 5. The number of nitrogens with zero attached hydrogens (tertiary/aromatic N) is 1. The van der Waals surface area contributed by atoms with Crippen LogP contribution in [0.15, 0.2) is 126 Å². The fourth-order valence-electron chi connectivity index (χ4n) is 4.88. The van der Waals surface area contributed by atoms with Gasteiger partial charge in [-0.05, 0) is 22.3 Å². The summed E-state index contributed by atoms with van der Waals surface area (Å²) in [7, 11) is 0. The van der Waals surface area contributed by atoms with Crippen LogP contribution in [0, 0.1) is 0 Å². The number of carbonyl (C=O) groups excluding carboxylic acids is 1. The Hall–Kier alpha value is -4.34. The molecule has 1 saturated heterocycles. The molecule has 228 valence electrons. The van der Waals surface area contributed by atoms with Gasteiger partial charge >= 0.3 is 0 Å². The maximum absolute atomic E-state index is 11.9. The number of carbonyl (C=O) groups is 1. The maximum Gasteiger partial charge on any atom is 0.239 e. The van der Waals surface area contributed by atoms with E-state index < -0.39 is 24.4 Å². The summed E-state index contributed by atoms with van der Waals surface area (Å²) in [5.41, 5.74) is 6.55. The van der Waals surface area contributed by atoms with Gasteiger partial charge in [-0.3, -0.25) is 4.79 Å². The van der Waals surface area contributed by atoms with Crippen molar-refractivity contribution in [3.8, 4) is 0 Å². The molecule has 0 spiro atoms. The van der Waals surface area contributed by atoms with Crippen LogP contribution in [0.1, 0.15) is 29.2 Å². The quantitative estimate of drug-likeness (QED) is 0.186. The Morgan fingerprint density at radius 3 is 1.55 bits per heavy atom. The monoisotopic (exact) mass is 594 g/mol. The van der Waals surface area contributed by atoms with Gasteiger partial charge in [0.05, 0.1) is 33.0 Å². The van der Waals surface area contributed by atoms with Gasteiger partial charge in [0.15, 0.2) is 12.2 Å². The summed E-state index contributed by atoms with van der Waals surface area (Å²) in [4.78, 5) is 11.9. The second-order valence-electron chi connectivity index (χ2n) is 10.5. The lowest BCUT2D eigenvalue weighted by atomic mass is 9.98. The Bertz CT molecular complexity index is 1440. The summed E-state index contributed by atoms with van der Waals surface area (Å²) in [6.45, 7) is 2.91. The normalized spacial score (nSPS) is 20.6. The molecule has 1 amide bonds. The van der Waals surface area contributed by atoms with Crippen molar-refractivity contribution in [3.63, 3.8) is 0 Å². The van der Waals surface area contributed by atoms with E-state index in [1.54, 1.807) is 0 Å². The number of rotatable bonds is 14. The summed E-state index contributed by atoms with van der Waals surface area (Å²) >= 11 is 0. The van der Waals surface area contributed by atoms with Gasteiger partial charge in [0.1, 0.15) is 12.2 Å². The van der Waals surface area contributed by atoms with Crippen LogP contribution >= 0.6 is 0 Å². The standard InChI is InChI=1S/C36H38N2O6/c1-27(39)37-38-36-35(43-25-31-20-12-5-13-21-31)34(42-24-30-18-10-4-11-19-30)33(41-23-29-16-8-3-9-17-29)32(44-36)26-40-22-28-14-6-2-7-15-28/h2-21,32-35H,22-26H2,1H3,(H,37,39)/b38-36-/t32-,33+,34+,35-/m1/s1. The third-order valence-corrected chi connectivity index (χ3v) is 7.06. The van der Waals surface area contributed by atoms with Gasteiger partial charge in [-0.2, -0.15) is 0 Å². The second kappa shape index (κ2) is 16.5. The minimum Gasteiger partial charge on any atom is -0.469 e. The van der Waals surface area contributed by atoms with Gasteiger partial charge in [0.25, 0.3) is 0 Å². The molecule has 1 N–H and O–H groups in total. The lowest BCUT2D eigenvalue weighted by molar-refractivity contribution is -0.196. The molecular weight excluding hydrogens is 556 g/mol. The molecule has 5 rings (SSSR count). The second-order valence-corrected chi connectivity index (χ2v) is 10.5. The SMILES string of the molecule is CC(=O)N/N=C1\O[C@H](COCc2ccccc2)[C@H](OCc2ccccc2)[C@H](OCc2ccccc2)[C@H]1OCc1ccccc1. The Kier molecular flexibility index (Phi) is 11.7. The minimum absolute atomic E-state index is 0.196. The zero-order chi connectivity index (χ0) is 30.4. The number of benzene rings is 4.